The zero-order valence-electron chi connectivity index (χ0n) is 13.3. The first-order chi connectivity index (χ1) is 8.26. The topological polar surface area (TPSA) is 6.48 Å². The largest absolute Gasteiger partial charge is 0.302 e. The summed E-state index contributed by atoms with van der Waals surface area (Å²) < 4.78 is 0. The summed E-state index contributed by atoms with van der Waals surface area (Å²) in [6.07, 6.45) is 1.35. The Morgan fingerprint density at radius 1 is 0.889 bits per heavy atom. The third-order valence-electron chi connectivity index (χ3n) is 5.46. The van der Waals surface area contributed by atoms with Gasteiger partial charge in [-0.05, 0) is 32.7 Å². The average Bonchev–Trinajstić information content (AvgIpc) is 2.60. The predicted octanol–water partition coefficient (Wildman–Crippen LogP) is 3.08. The fourth-order valence-corrected chi connectivity index (χ4v) is 3.82. The Morgan fingerprint density at radius 2 is 1.39 bits per heavy atom. The first kappa shape index (κ1) is 14.3. The molecule has 0 saturated carbocycles. The molecule has 0 aliphatic carbocycles. The Morgan fingerprint density at radius 3 is 1.78 bits per heavy atom. The van der Waals surface area contributed by atoms with Gasteiger partial charge < -0.3 is 4.90 Å². The highest BCUT2D eigenvalue weighted by molar-refractivity contribution is 5.09. The van der Waals surface area contributed by atoms with Gasteiger partial charge in [0, 0.05) is 43.1 Å². The molecule has 0 N–H and O–H groups in total. The average molecular weight is 252 g/mol. The molecule has 0 spiro atoms. The van der Waals surface area contributed by atoms with E-state index in [2.05, 4.69) is 51.3 Å². The lowest BCUT2D eigenvalue weighted by Gasteiger charge is -2.31. The predicted molar refractivity (Wildman–Crippen MR) is 78.8 cm³/mol. The van der Waals surface area contributed by atoms with Crippen molar-refractivity contribution in [3.8, 4) is 0 Å². The Labute approximate surface area is 114 Å². The van der Waals surface area contributed by atoms with E-state index in [1.807, 2.05) is 0 Å². The SMILES string of the molecule is CC(C)CCN1C[C@@]2(C)CN(C(C)C)C[C@@]2(C)C1. The van der Waals surface area contributed by atoms with Crippen molar-refractivity contribution in [3.63, 3.8) is 0 Å². The standard InChI is InChI=1S/C16H32N2/c1-13(2)7-8-17-9-15(5)11-18(14(3)4)12-16(15,6)10-17/h13-14H,7-12H2,1-6H3/t15-,16+. The maximum Gasteiger partial charge on any atom is 0.00567 e. The van der Waals surface area contributed by atoms with Crippen LogP contribution in [0.2, 0.25) is 0 Å². The van der Waals surface area contributed by atoms with E-state index in [-0.39, 0.29) is 0 Å². The van der Waals surface area contributed by atoms with E-state index in [1.165, 1.54) is 39.1 Å². The zero-order chi connectivity index (χ0) is 13.6. The molecular formula is C16H32N2. The van der Waals surface area contributed by atoms with Crippen molar-refractivity contribution < 1.29 is 0 Å². The first-order valence-corrected chi connectivity index (χ1v) is 7.72. The number of nitrogens with zero attached hydrogens (tertiary/aromatic N) is 2. The van der Waals surface area contributed by atoms with Gasteiger partial charge in [0.1, 0.15) is 0 Å². The van der Waals surface area contributed by atoms with Crippen LogP contribution < -0.4 is 0 Å². The van der Waals surface area contributed by atoms with Gasteiger partial charge in [-0.1, -0.05) is 27.7 Å². The molecule has 0 bridgehead atoms. The summed E-state index contributed by atoms with van der Waals surface area (Å²) in [5, 5.41) is 0. The van der Waals surface area contributed by atoms with E-state index in [0.29, 0.717) is 16.9 Å². The smallest absolute Gasteiger partial charge is 0.00567 e. The second-order valence-electron chi connectivity index (χ2n) is 8.01. The highest BCUT2D eigenvalue weighted by Crippen LogP contribution is 2.51. The minimum Gasteiger partial charge on any atom is -0.302 e. The van der Waals surface area contributed by atoms with Gasteiger partial charge >= 0.3 is 0 Å². The number of rotatable bonds is 4. The van der Waals surface area contributed by atoms with Gasteiger partial charge in [0.15, 0.2) is 0 Å². The summed E-state index contributed by atoms with van der Waals surface area (Å²) in [6, 6.07) is 0.702. The first-order valence-electron chi connectivity index (χ1n) is 7.72. The van der Waals surface area contributed by atoms with Crippen LogP contribution in [0.25, 0.3) is 0 Å². The van der Waals surface area contributed by atoms with Crippen LogP contribution in [0, 0.1) is 16.7 Å². The molecule has 2 aliphatic rings. The molecule has 2 heteroatoms. The van der Waals surface area contributed by atoms with Gasteiger partial charge in [0.2, 0.25) is 0 Å². The van der Waals surface area contributed by atoms with Crippen molar-refractivity contribution >= 4 is 0 Å². The Kier molecular flexibility index (Phi) is 3.81. The lowest BCUT2D eigenvalue weighted by Crippen LogP contribution is -2.36. The Bertz CT molecular complexity index is 279. The zero-order valence-corrected chi connectivity index (χ0v) is 13.3. The molecule has 18 heavy (non-hydrogen) atoms. The molecule has 0 unspecified atom stereocenters. The van der Waals surface area contributed by atoms with Gasteiger partial charge in [-0.2, -0.15) is 0 Å². The monoisotopic (exact) mass is 252 g/mol. The van der Waals surface area contributed by atoms with Crippen LogP contribution in [0.3, 0.4) is 0 Å². The van der Waals surface area contributed by atoms with E-state index < -0.39 is 0 Å². The Balaban J connectivity index is 1.99. The molecule has 106 valence electrons. The van der Waals surface area contributed by atoms with Gasteiger partial charge in [0.25, 0.3) is 0 Å². The molecular weight excluding hydrogens is 220 g/mol. The van der Waals surface area contributed by atoms with Crippen LogP contribution in [-0.2, 0) is 0 Å². The second-order valence-corrected chi connectivity index (χ2v) is 8.01. The minimum atomic E-state index is 0.508. The molecule has 0 radical (unpaired) electrons. The molecule has 2 heterocycles. The van der Waals surface area contributed by atoms with Crippen LogP contribution >= 0.6 is 0 Å². The molecule has 2 rings (SSSR count). The lowest BCUT2D eigenvalue weighted by atomic mass is 9.71. The molecule has 2 atom stereocenters. The quantitative estimate of drug-likeness (QED) is 0.758. The summed E-state index contributed by atoms with van der Waals surface area (Å²) in [5.41, 5.74) is 1.02. The minimum absolute atomic E-state index is 0.508. The van der Waals surface area contributed by atoms with Gasteiger partial charge in [0.05, 0.1) is 0 Å². The van der Waals surface area contributed by atoms with E-state index in [1.54, 1.807) is 0 Å². The second kappa shape index (κ2) is 4.79. The molecule has 0 amide bonds. The fraction of sp³-hybridized carbons (Fsp3) is 1.00. The van der Waals surface area contributed by atoms with Crippen LogP contribution in [0.5, 0.6) is 0 Å². The van der Waals surface area contributed by atoms with Crippen LogP contribution in [0.1, 0.15) is 48.0 Å². The summed E-state index contributed by atoms with van der Waals surface area (Å²) in [5.74, 6) is 0.832. The highest BCUT2D eigenvalue weighted by atomic mass is 15.3. The van der Waals surface area contributed by atoms with Gasteiger partial charge in [-0.25, -0.2) is 0 Å². The summed E-state index contributed by atoms with van der Waals surface area (Å²) in [4.78, 5) is 5.40. The highest BCUT2D eigenvalue weighted by Gasteiger charge is 2.57. The van der Waals surface area contributed by atoms with Crippen LogP contribution in [0.4, 0.5) is 0 Å². The lowest BCUT2D eigenvalue weighted by molar-refractivity contribution is 0.194. The van der Waals surface area contributed by atoms with E-state index >= 15 is 0 Å². The number of fused-ring (bicyclic) bond motifs is 1. The number of hydrogen-bond acceptors (Lipinski definition) is 2. The maximum absolute atomic E-state index is 2.72. The third kappa shape index (κ3) is 2.46. The van der Waals surface area contributed by atoms with E-state index in [0.717, 1.165) is 5.92 Å². The molecule has 0 aromatic heterocycles. The van der Waals surface area contributed by atoms with Gasteiger partial charge in [-0.15, -0.1) is 0 Å². The Hall–Kier alpha value is -0.0800. The van der Waals surface area contributed by atoms with Gasteiger partial charge in [-0.3, -0.25) is 4.90 Å². The molecule has 2 nitrogen and oxygen atoms in total. The maximum atomic E-state index is 2.72. The summed E-state index contributed by atoms with van der Waals surface area (Å²) in [6.45, 7) is 20.9. The summed E-state index contributed by atoms with van der Waals surface area (Å²) in [7, 11) is 0. The van der Waals surface area contributed by atoms with Crippen molar-refractivity contribution in [3.05, 3.63) is 0 Å². The van der Waals surface area contributed by atoms with Crippen molar-refractivity contribution in [2.45, 2.75) is 54.0 Å². The number of likely N-dealkylation sites (tertiary alicyclic amines) is 2. The van der Waals surface area contributed by atoms with E-state index in [9.17, 15) is 0 Å². The van der Waals surface area contributed by atoms with Crippen LogP contribution in [-0.4, -0.2) is 48.6 Å². The molecule has 2 aliphatic heterocycles. The summed E-state index contributed by atoms with van der Waals surface area (Å²) >= 11 is 0. The molecule has 0 aromatic rings. The van der Waals surface area contributed by atoms with E-state index in [4.69, 9.17) is 0 Å². The van der Waals surface area contributed by atoms with Crippen molar-refractivity contribution in [2.75, 3.05) is 32.7 Å². The van der Waals surface area contributed by atoms with Crippen molar-refractivity contribution in [1.82, 2.24) is 9.80 Å². The molecule has 0 aromatic carbocycles. The normalized spacial score (nSPS) is 38.0. The fourth-order valence-electron chi connectivity index (χ4n) is 3.82. The van der Waals surface area contributed by atoms with Crippen LogP contribution in [0.15, 0.2) is 0 Å². The van der Waals surface area contributed by atoms with Crippen molar-refractivity contribution in [2.24, 2.45) is 16.7 Å². The molecule has 2 fully saturated rings. The van der Waals surface area contributed by atoms with Crippen molar-refractivity contribution in [1.29, 1.82) is 0 Å². The molecule has 2 saturated heterocycles. The third-order valence-corrected chi connectivity index (χ3v) is 5.46. The number of hydrogen-bond donors (Lipinski definition) is 0.